The number of aromatic nitrogens is 2. The molecule has 0 saturated heterocycles. The highest BCUT2D eigenvalue weighted by atomic mass is 19.1. The van der Waals surface area contributed by atoms with Crippen LogP contribution in [0.4, 0.5) is 4.39 Å². The number of benzene rings is 1. The highest BCUT2D eigenvalue weighted by Crippen LogP contribution is 2.21. The predicted molar refractivity (Wildman–Crippen MR) is 70.4 cm³/mol. The van der Waals surface area contributed by atoms with Crippen molar-refractivity contribution in [1.29, 1.82) is 0 Å². The van der Waals surface area contributed by atoms with Crippen molar-refractivity contribution in [2.24, 2.45) is 0 Å². The first kappa shape index (κ1) is 12.8. The molecule has 0 aliphatic heterocycles. The fraction of sp³-hybridized carbons (Fsp3) is 0.357. The maximum Gasteiger partial charge on any atom is 0.123 e. The van der Waals surface area contributed by atoms with Crippen molar-refractivity contribution in [1.82, 2.24) is 14.9 Å². The van der Waals surface area contributed by atoms with Gasteiger partial charge in [-0.3, -0.25) is 0 Å². The Balaban J connectivity index is 2.52. The third-order valence-electron chi connectivity index (χ3n) is 2.85. The number of hydrogen-bond acceptors (Lipinski definition) is 2. The number of rotatable bonds is 4. The summed E-state index contributed by atoms with van der Waals surface area (Å²) in [6.45, 7) is 4.82. The average molecular weight is 247 g/mol. The third-order valence-corrected chi connectivity index (χ3v) is 2.85. The van der Waals surface area contributed by atoms with E-state index >= 15 is 0 Å². The molecule has 18 heavy (non-hydrogen) atoms. The van der Waals surface area contributed by atoms with Crippen molar-refractivity contribution in [2.45, 2.75) is 26.3 Å². The fourth-order valence-corrected chi connectivity index (χ4v) is 2.07. The Morgan fingerprint density at radius 2 is 2.17 bits per heavy atom. The van der Waals surface area contributed by atoms with E-state index < -0.39 is 0 Å². The van der Waals surface area contributed by atoms with Crippen LogP contribution in [0, 0.1) is 5.82 Å². The summed E-state index contributed by atoms with van der Waals surface area (Å²) in [6.07, 6.45) is 3.70. The molecule has 0 amide bonds. The summed E-state index contributed by atoms with van der Waals surface area (Å²) < 4.78 is 15.3. The van der Waals surface area contributed by atoms with Crippen molar-refractivity contribution < 1.29 is 4.39 Å². The first-order chi connectivity index (χ1) is 8.63. The smallest absolute Gasteiger partial charge is 0.123 e. The van der Waals surface area contributed by atoms with Crippen LogP contribution < -0.4 is 5.32 Å². The van der Waals surface area contributed by atoms with E-state index in [0.717, 1.165) is 17.1 Å². The molecule has 0 aliphatic rings. The van der Waals surface area contributed by atoms with E-state index in [-0.39, 0.29) is 5.82 Å². The van der Waals surface area contributed by atoms with Gasteiger partial charge in [-0.15, -0.1) is 0 Å². The summed E-state index contributed by atoms with van der Waals surface area (Å²) in [6, 6.07) is 4.85. The Kier molecular flexibility index (Phi) is 3.77. The third kappa shape index (κ3) is 2.43. The van der Waals surface area contributed by atoms with Crippen LogP contribution in [0.3, 0.4) is 0 Å². The van der Waals surface area contributed by atoms with Crippen molar-refractivity contribution in [2.75, 3.05) is 7.05 Å². The summed E-state index contributed by atoms with van der Waals surface area (Å²) in [5.41, 5.74) is 1.91. The number of halogens is 1. The standard InChI is InChI=1S/C14H18FN3/c1-10(2)14-17-6-7-18(14)13-5-4-12(15)8-11(13)9-16-3/h4-8,10,16H,9H2,1-3H3. The van der Waals surface area contributed by atoms with Gasteiger partial charge in [-0.1, -0.05) is 13.8 Å². The maximum atomic E-state index is 13.3. The van der Waals surface area contributed by atoms with E-state index in [4.69, 9.17) is 0 Å². The highest BCUT2D eigenvalue weighted by Gasteiger charge is 2.12. The second kappa shape index (κ2) is 5.31. The molecule has 0 atom stereocenters. The number of nitrogens with zero attached hydrogens (tertiary/aromatic N) is 2. The maximum absolute atomic E-state index is 13.3. The van der Waals surface area contributed by atoms with Crippen LogP contribution in [-0.2, 0) is 6.54 Å². The van der Waals surface area contributed by atoms with Crippen molar-refractivity contribution in [3.05, 3.63) is 47.8 Å². The zero-order valence-corrected chi connectivity index (χ0v) is 10.9. The van der Waals surface area contributed by atoms with E-state index in [2.05, 4.69) is 24.1 Å². The molecule has 2 rings (SSSR count). The molecule has 0 aliphatic carbocycles. The minimum Gasteiger partial charge on any atom is -0.316 e. The Labute approximate surface area is 107 Å². The van der Waals surface area contributed by atoms with Gasteiger partial charge in [0, 0.05) is 24.9 Å². The van der Waals surface area contributed by atoms with Crippen LogP contribution in [-0.4, -0.2) is 16.6 Å². The molecule has 1 aromatic heterocycles. The summed E-state index contributed by atoms with van der Waals surface area (Å²) >= 11 is 0. The minimum absolute atomic E-state index is 0.213. The van der Waals surface area contributed by atoms with Gasteiger partial charge in [0.05, 0.1) is 5.69 Å². The zero-order chi connectivity index (χ0) is 13.1. The van der Waals surface area contributed by atoms with Crippen molar-refractivity contribution in [3.8, 4) is 5.69 Å². The highest BCUT2D eigenvalue weighted by molar-refractivity contribution is 5.42. The van der Waals surface area contributed by atoms with E-state index in [1.165, 1.54) is 6.07 Å². The van der Waals surface area contributed by atoms with Gasteiger partial charge >= 0.3 is 0 Å². The van der Waals surface area contributed by atoms with Gasteiger partial charge in [0.1, 0.15) is 11.6 Å². The molecular formula is C14H18FN3. The molecule has 4 heteroatoms. The molecule has 0 bridgehead atoms. The topological polar surface area (TPSA) is 29.9 Å². The van der Waals surface area contributed by atoms with Gasteiger partial charge in [0.15, 0.2) is 0 Å². The molecule has 3 nitrogen and oxygen atoms in total. The lowest BCUT2D eigenvalue weighted by molar-refractivity contribution is 0.622. The second-order valence-electron chi connectivity index (χ2n) is 4.61. The summed E-state index contributed by atoms with van der Waals surface area (Å²) in [4.78, 5) is 4.36. The minimum atomic E-state index is -0.213. The first-order valence-corrected chi connectivity index (χ1v) is 6.10. The lowest BCUT2D eigenvalue weighted by Crippen LogP contribution is -2.11. The van der Waals surface area contributed by atoms with E-state index in [1.54, 1.807) is 18.3 Å². The summed E-state index contributed by atoms with van der Waals surface area (Å²) in [5, 5.41) is 3.06. The van der Waals surface area contributed by atoms with E-state index in [0.29, 0.717) is 12.5 Å². The monoisotopic (exact) mass is 247 g/mol. The number of imidazole rings is 1. The number of hydrogen-bond donors (Lipinski definition) is 1. The Morgan fingerprint density at radius 1 is 1.39 bits per heavy atom. The largest absolute Gasteiger partial charge is 0.316 e. The Morgan fingerprint density at radius 3 is 2.83 bits per heavy atom. The molecule has 0 unspecified atom stereocenters. The lowest BCUT2D eigenvalue weighted by Gasteiger charge is -2.14. The quantitative estimate of drug-likeness (QED) is 0.900. The van der Waals surface area contributed by atoms with Crippen LogP contribution in [0.1, 0.15) is 31.2 Å². The zero-order valence-electron chi connectivity index (χ0n) is 10.9. The molecular weight excluding hydrogens is 229 g/mol. The average Bonchev–Trinajstić information content (AvgIpc) is 2.78. The first-order valence-electron chi connectivity index (χ1n) is 6.10. The van der Waals surface area contributed by atoms with Crippen LogP contribution in [0.5, 0.6) is 0 Å². The molecule has 0 radical (unpaired) electrons. The van der Waals surface area contributed by atoms with Crippen molar-refractivity contribution in [3.63, 3.8) is 0 Å². The Bertz CT molecular complexity index is 532. The molecule has 0 spiro atoms. The molecule has 0 saturated carbocycles. The molecule has 1 N–H and O–H groups in total. The van der Waals surface area contributed by atoms with Crippen LogP contribution in [0.2, 0.25) is 0 Å². The molecule has 1 aromatic carbocycles. The second-order valence-corrected chi connectivity index (χ2v) is 4.61. The molecule has 2 aromatic rings. The van der Waals surface area contributed by atoms with Crippen LogP contribution in [0.15, 0.2) is 30.6 Å². The summed E-state index contributed by atoms with van der Waals surface area (Å²) in [7, 11) is 1.85. The van der Waals surface area contributed by atoms with Gasteiger partial charge in [0.2, 0.25) is 0 Å². The molecule has 0 fully saturated rings. The SMILES string of the molecule is CNCc1cc(F)ccc1-n1ccnc1C(C)C. The predicted octanol–water partition coefficient (Wildman–Crippen LogP) is 2.85. The van der Waals surface area contributed by atoms with E-state index in [9.17, 15) is 4.39 Å². The van der Waals surface area contributed by atoms with Gasteiger partial charge in [-0.05, 0) is 30.8 Å². The Hall–Kier alpha value is -1.68. The molecule has 96 valence electrons. The van der Waals surface area contributed by atoms with Crippen LogP contribution >= 0.6 is 0 Å². The molecule has 1 heterocycles. The van der Waals surface area contributed by atoms with Crippen molar-refractivity contribution >= 4 is 0 Å². The van der Waals surface area contributed by atoms with Crippen LogP contribution in [0.25, 0.3) is 5.69 Å². The lowest BCUT2D eigenvalue weighted by atomic mass is 10.1. The summed E-state index contributed by atoms with van der Waals surface area (Å²) in [5.74, 6) is 1.10. The normalized spacial score (nSPS) is 11.2. The van der Waals surface area contributed by atoms with Gasteiger partial charge in [-0.2, -0.15) is 0 Å². The van der Waals surface area contributed by atoms with E-state index in [1.807, 2.05) is 17.8 Å². The van der Waals surface area contributed by atoms with Gasteiger partial charge in [-0.25, -0.2) is 9.37 Å². The van der Waals surface area contributed by atoms with Gasteiger partial charge in [0.25, 0.3) is 0 Å². The fourth-order valence-electron chi connectivity index (χ4n) is 2.07. The number of nitrogens with one attached hydrogen (secondary N) is 1. The van der Waals surface area contributed by atoms with Gasteiger partial charge < -0.3 is 9.88 Å².